The molecule has 1 amide bonds. The van der Waals surface area contributed by atoms with E-state index in [2.05, 4.69) is 25.6 Å². The van der Waals surface area contributed by atoms with Gasteiger partial charge in [0.15, 0.2) is 5.00 Å². The lowest BCUT2D eigenvalue weighted by Gasteiger charge is -2.07. The molecule has 0 aliphatic rings. The van der Waals surface area contributed by atoms with Crippen molar-refractivity contribution in [1.82, 2.24) is 15.0 Å². The molecule has 3 aromatic heterocycles. The molecule has 0 saturated carbocycles. The first-order valence-electron chi connectivity index (χ1n) is 6.85. The highest BCUT2D eigenvalue weighted by atomic mass is 35.5. The average molecular weight is 362 g/mol. The number of hydrogen-bond acceptors (Lipinski definition) is 7. The molecule has 24 heavy (non-hydrogen) atoms. The van der Waals surface area contributed by atoms with Gasteiger partial charge in [-0.15, -0.1) is 0 Å². The quantitative estimate of drug-likeness (QED) is 0.675. The topological polar surface area (TPSA) is 89.0 Å². The molecule has 0 unspecified atom stereocenters. The summed E-state index contributed by atoms with van der Waals surface area (Å²) in [4.78, 5) is 24.1. The van der Waals surface area contributed by atoms with Crippen LogP contribution in [0.25, 0.3) is 0 Å². The van der Waals surface area contributed by atoms with Crippen LogP contribution in [-0.2, 0) is 0 Å². The van der Waals surface area contributed by atoms with Gasteiger partial charge >= 0.3 is 6.09 Å². The van der Waals surface area contributed by atoms with Gasteiger partial charge in [0.25, 0.3) is 5.88 Å². The molecule has 122 valence electrons. The Kier molecular flexibility index (Phi) is 4.88. The monoisotopic (exact) mass is 361 g/mol. The second-order valence-electron chi connectivity index (χ2n) is 4.62. The van der Waals surface area contributed by atoms with Gasteiger partial charge < -0.3 is 10.1 Å². The molecule has 0 aliphatic heterocycles. The average Bonchev–Trinajstić information content (AvgIpc) is 2.87. The third kappa shape index (κ3) is 4.18. The van der Waals surface area contributed by atoms with Crippen molar-refractivity contribution in [3.8, 4) is 5.88 Å². The molecular weight excluding hydrogens is 350 g/mol. The molecule has 0 saturated heterocycles. The highest BCUT2D eigenvalue weighted by Crippen LogP contribution is 2.33. The number of amides is 1. The van der Waals surface area contributed by atoms with E-state index < -0.39 is 6.09 Å². The van der Waals surface area contributed by atoms with Gasteiger partial charge in [0.1, 0.15) is 5.15 Å². The Morgan fingerprint density at radius 3 is 2.92 bits per heavy atom. The molecule has 0 fully saturated rings. The highest BCUT2D eigenvalue weighted by molar-refractivity contribution is 7.16. The van der Waals surface area contributed by atoms with Crippen molar-refractivity contribution in [3.63, 3.8) is 0 Å². The normalized spacial score (nSPS) is 10.2. The summed E-state index contributed by atoms with van der Waals surface area (Å²) in [6.07, 6.45) is 4.16. The number of rotatable bonds is 4. The Morgan fingerprint density at radius 2 is 2.17 bits per heavy atom. The molecule has 0 radical (unpaired) electrons. The van der Waals surface area contributed by atoms with E-state index in [9.17, 15) is 4.79 Å². The van der Waals surface area contributed by atoms with Crippen LogP contribution in [0.1, 0.15) is 5.01 Å². The summed E-state index contributed by atoms with van der Waals surface area (Å²) in [6, 6.07) is 6.78. The predicted molar refractivity (Wildman–Crippen MR) is 93.3 cm³/mol. The van der Waals surface area contributed by atoms with Gasteiger partial charge in [0, 0.05) is 18.1 Å². The number of pyridine rings is 2. The molecular formula is C15H12ClN5O2S. The molecule has 0 aliphatic carbocycles. The van der Waals surface area contributed by atoms with Crippen molar-refractivity contribution in [2.24, 2.45) is 0 Å². The maximum absolute atomic E-state index is 12.0. The summed E-state index contributed by atoms with van der Waals surface area (Å²) in [5.74, 6) is 0.194. The fourth-order valence-electron chi connectivity index (χ4n) is 1.84. The number of nitrogens with one attached hydrogen (secondary N) is 2. The zero-order chi connectivity index (χ0) is 16.9. The second kappa shape index (κ2) is 7.24. The standard InChI is InChI=1S/C15H12ClN5O2S/c1-9-19-13(14(24-9)20-11-3-2-5-17-8-11)23-15(22)21-10-4-6-18-12(16)7-10/h2-8,20H,1H3,(H,18,21,22). The predicted octanol–water partition coefficient (Wildman–Crippen LogP) is 4.25. The molecule has 0 aromatic carbocycles. The maximum Gasteiger partial charge on any atom is 0.418 e. The molecule has 9 heteroatoms. The van der Waals surface area contributed by atoms with E-state index in [1.807, 2.05) is 13.0 Å². The SMILES string of the molecule is Cc1nc(OC(=O)Nc2ccnc(Cl)c2)c(Nc2cccnc2)s1. The summed E-state index contributed by atoms with van der Waals surface area (Å²) in [7, 11) is 0. The van der Waals surface area contributed by atoms with E-state index in [0.29, 0.717) is 10.7 Å². The van der Waals surface area contributed by atoms with Crippen molar-refractivity contribution in [2.75, 3.05) is 10.6 Å². The van der Waals surface area contributed by atoms with Gasteiger partial charge in [0.05, 0.1) is 16.9 Å². The molecule has 2 N–H and O–H groups in total. The second-order valence-corrected chi connectivity index (χ2v) is 6.21. The van der Waals surface area contributed by atoms with Gasteiger partial charge in [-0.05, 0) is 31.2 Å². The zero-order valence-electron chi connectivity index (χ0n) is 12.5. The number of hydrogen-bond donors (Lipinski definition) is 2. The minimum absolute atomic E-state index is 0.194. The minimum atomic E-state index is -0.670. The van der Waals surface area contributed by atoms with Crippen LogP contribution in [0.5, 0.6) is 5.88 Å². The fraction of sp³-hybridized carbons (Fsp3) is 0.0667. The number of carbonyl (C=O) groups is 1. The molecule has 0 atom stereocenters. The Morgan fingerprint density at radius 1 is 1.29 bits per heavy atom. The van der Waals surface area contributed by atoms with Gasteiger partial charge in [-0.1, -0.05) is 22.9 Å². The van der Waals surface area contributed by atoms with E-state index in [0.717, 1.165) is 10.7 Å². The molecule has 7 nitrogen and oxygen atoms in total. The molecule has 0 spiro atoms. The number of thiazole rings is 1. The number of nitrogens with zero attached hydrogens (tertiary/aromatic N) is 3. The van der Waals surface area contributed by atoms with Crippen LogP contribution in [-0.4, -0.2) is 21.0 Å². The third-order valence-corrected chi connectivity index (χ3v) is 3.86. The maximum atomic E-state index is 12.0. The van der Waals surface area contributed by atoms with Crippen LogP contribution >= 0.6 is 22.9 Å². The number of anilines is 3. The number of aromatic nitrogens is 3. The van der Waals surface area contributed by atoms with Gasteiger partial charge in [-0.25, -0.2) is 14.8 Å². The van der Waals surface area contributed by atoms with Gasteiger partial charge in [-0.2, -0.15) is 0 Å². The van der Waals surface area contributed by atoms with Crippen LogP contribution in [0.3, 0.4) is 0 Å². The lowest BCUT2D eigenvalue weighted by Crippen LogP contribution is -2.17. The Labute approximate surface area is 146 Å². The van der Waals surface area contributed by atoms with Crippen molar-refractivity contribution in [2.45, 2.75) is 6.92 Å². The minimum Gasteiger partial charge on any atom is -0.388 e. The number of ether oxygens (including phenoxy) is 1. The molecule has 3 heterocycles. The summed E-state index contributed by atoms with van der Waals surface area (Å²) < 4.78 is 5.29. The summed E-state index contributed by atoms with van der Waals surface area (Å²) >= 11 is 7.15. The van der Waals surface area contributed by atoms with Gasteiger partial charge in [0.2, 0.25) is 0 Å². The van der Waals surface area contributed by atoms with E-state index in [4.69, 9.17) is 16.3 Å². The van der Waals surface area contributed by atoms with Crippen molar-refractivity contribution >= 4 is 45.4 Å². The largest absolute Gasteiger partial charge is 0.418 e. The van der Waals surface area contributed by atoms with Crippen LogP contribution < -0.4 is 15.4 Å². The van der Waals surface area contributed by atoms with Gasteiger partial charge in [-0.3, -0.25) is 10.3 Å². The van der Waals surface area contributed by atoms with Crippen LogP contribution in [0.4, 0.5) is 21.2 Å². The molecule has 3 rings (SSSR count). The number of halogens is 1. The zero-order valence-corrected chi connectivity index (χ0v) is 14.1. The van der Waals surface area contributed by atoms with Crippen molar-refractivity contribution in [3.05, 3.63) is 53.0 Å². The smallest absolute Gasteiger partial charge is 0.388 e. The Balaban J connectivity index is 1.71. The first-order valence-corrected chi connectivity index (χ1v) is 8.04. The van der Waals surface area contributed by atoms with Crippen molar-refractivity contribution < 1.29 is 9.53 Å². The third-order valence-electron chi connectivity index (χ3n) is 2.78. The first kappa shape index (κ1) is 16.2. The summed E-state index contributed by atoms with van der Waals surface area (Å²) in [5, 5.41) is 7.35. The molecule has 3 aromatic rings. The lowest BCUT2D eigenvalue weighted by atomic mass is 10.4. The van der Waals surface area contributed by atoms with Crippen LogP contribution in [0, 0.1) is 6.92 Å². The first-order chi connectivity index (χ1) is 11.6. The fourth-order valence-corrected chi connectivity index (χ4v) is 2.78. The van der Waals surface area contributed by atoms with Crippen LogP contribution in [0.15, 0.2) is 42.9 Å². The number of aryl methyl sites for hydroxylation is 1. The van der Waals surface area contributed by atoms with E-state index >= 15 is 0 Å². The summed E-state index contributed by atoms with van der Waals surface area (Å²) in [5.41, 5.74) is 1.25. The Hall–Kier alpha value is -2.71. The summed E-state index contributed by atoms with van der Waals surface area (Å²) in [6.45, 7) is 1.83. The Bertz CT molecular complexity index is 856. The van der Waals surface area contributed by atoms with E-state index in [1.54, 1.807) is 24.5 Å². The van der Waals surface area contributed by atoms with E-state index in [-0.39, 0.29) is 11.0 Å². The lowest BCUT2D eigenvalue weighted by molar-refractivity contribution is 0.214. The van der Waals surface area contributed by atoms with Crippen molar-refractivity contribution in [1.29, 1.82) is 0 Å². The number of carbonyl (C=O) groups excluding carboxylic acids is 1. The highest BCUT2D eigenvalue weighted by Gasteiger charge is 2.15. The van der Waals surface area contributed by atoms with E-state index in [1.165, 1.54) is 23.6 Å². The molecule has 0 bridgehead atoms. The van der Waals surface area contributed by atoms with Crippen LogP contribution in [0.2, 0.25) is 5.15 Å².